The number of nitrogens with zero attached hydrogens (tertiary/aromatic N) is 5. The molecule has 0 N–H and O–H groups in total. The van der Waals surface area contributed by atoms with Gasteiger partial charge in [0.2, 0.25) is 11.6 Å². The van der Waals surface area contributed by atoms with Crippen LogP contribution < -0.4 is 4.90 Å². The first kappa shape index (κ1) is 7.90. The monoisotopic (exact) mass is 181 g/mol. The maximum atomic E-state index is 13.1. The van der Waals surface area contributed by atoms with E-state index in [9.17, 15) is 4.39 Å². The van der Waals surface area contributed by atoms with Gasteiger partial charge < -0.3 is 4.90 Å². The van der Waals surface area contributed by atoms with Crippen molar-refractivity contribution in [2.24, 2.45) is 0 Å². The van der Waals surface area contributed by atoms with Crippen molar-refractivity contribution in [3.05, 3.63) is 18.3 Å². The van der Waals surface area contributed by atoms with Crippen molar-refractivity contribution in [1.82, 2.24) is 19.6 Å². The fourth-order valence-corrected chi connectivity index (χ4v) is 1.11. The van der Waals surface area contributed by atoms with E-state index in [2.05, 4.69) is 15.2 Å². The SMILES string of the molecule is CN(C)c1ncc(F)c2nncn12. The molecule has 2 heterocycles. The first-order chi connectivity index (χ1) is 6.20. The van der Waals surface area contributed by atoms with Crippen molar-refractivity contribution >= 4 is 11.6 Å². The van der Waals surface area contributed by atoms with Crippen LogP contribution in [0.4, 0.5) is 10.3 Å². The number of hydrogen-bond acceptors (Lipinski definition) is 4. The third-order valence-electron chi connectivity index (χ3n) is 1.67. The molecule has 0 spiro atoms. The fourth-order valence-electron chi connectivity index (χ4n) is 1.11. The number of rotatable bonds is 1. The fraction of sp³-hybridized carbons (Fsp3) is 0.286. The molecule has 0 saturated carbocycles. The summed E-state index contributed by atoms with van der Waals surface area (Å²) in [7, 11) is 3.64. The molecule has 0 aliphatic carbocycles. The Hall–Kier alpha value is -1.72. The van der Waals surface area contributed by atoms with Crippen LogP contribution in [-0.2, 0) is 0 Å². The van der Waals surface area contributed by atoms with Gasteiger partial charge in [-0.2, -0.15) is 0 Å². The molecule has 5 nitrogen and oxygen atoms in total. The molecule has 2 aromatic heterocycles. The number of fused-ring (bicyclic) bond motifs is 1. The largest absolute Gasteiger partial charge is 0.348 e. The zero-order chi connectivity index (χ0) is 9.42. The number of halogens is 1. The van der Waals surface area contributed by atoms with Gasteiger partial charge in [0.25, 0.3) is 0 Å². The first-order valence-electron chi connectivity index (χ1n) is 3.71. The van der Waals surface area contributed by atoms with Crippen LogP contribution in [0.25, 0.3) is 5.65 Å². The van der Waals surface area contributed by atoms with Crippen molar-refractivity contribution in [2.75, 3.05) is 19.0 Å². The second-order valence-corrected chi connectivity index (χ2v) is 2.83. The Balaban J connectivity index is 2.78. The van der Waals surface area contributed by atoms with Crippen molar-refractivity contribution in [2.45, 2.75) is 0 Å². The normalized spacial score (nSPS) is 10.7. The summed E-state index contributed by atoms with van der Waals surface area (Å²) < 4.78 is 14.6. The van der Waals surface area contributed by atoms with Crippen molar-refractivity contribution in [3.63, 3.8) is 0 Å². The lowest BCUT2D eigenvalue weighted by atomic mass is 10.6. The molecule has 0 atom stereocenters. The molecule has 0 radical (unpaired) electrons. The molecule has 0 saturated heterocycles. The summed E-state index contributed by atoms with van der Waals surface area (Å²) >= 11 is 0. The van der Waals surface area contributed by atoms with E-state index in [1.807, 2.05) is 14.1 Å². The van der Waals surface area contributed by atoms with E-state index in [1.54, 1.807) is 4.90 Å². The minimum Gasteiger partial charge on any atom is -0.348 e. The molecule has 0 aromatic carbocycles. The second kappa shape index (κ2) is 2.65. The predicted molar refractivity (Wildman–Crippen MR) is 45.1 cm³/mol. The van der Waals surface area contributed by atoms with Gasteiger partial charge in [-0.1, -0.05) is 0 Å². The molecular formula is C7H8FN5. The highest BCUT2D eigenvalue weighted by atomic mass is 19.1. The zero-order valence-electron chi connectivity index (χ0n) is 7.27. The van der Waals surface area contributed by atoms with Crippen molar-refractivity contribution in [3.8, 4) is 0 Å². The molecule has 0 amide bonds. The average Bonchev–Trinajstić information content (AvgIpc) is 2.53. The maximum Gasteiger partial charge on any atom is 0.212 e. The Morgan fingerprint density at radius 1 is 1.46 bits per heavy atom. The molecule has 0 fully saturated rings. The second-order valence-electron chi connectivity index (χ2n) is 2.83. The van der Waals surface area contributed by atoms with Crippen LogP contribution in [0.5, 0.6) is 0 Å². The molecule has 0 aliphatic heterocycles. The van der Waals surface area contributed by atoms with E-state index < -0.39 is 5.82 Å². The maximum absolute atomic E-state index is 13.1. The summed E-state index contributed by atoms with van der Waals surface area (Å²) in [6.45, 7) is 0. The summed E-state index contributed by atoms with van der Waals surface area (Å²) in [6, 6.07) is 0. The zero-order valence-corrected chi connectivity index (χ0v) is 7.27. The smallest absolute Gasteiger partial charge is 0.212 e. The van der Waals surface area contributed by atoms with Gasteiger partial charge in [-0.3, -0.25) is 0 Å². The molecule has 13 heavy (non-hydrogen) atoms. The third-order valence-corrected chi connectivity index (χ3v) is 1.67. The molecule has 0 unspecified atom stereocenters. The van der Waals surface area contributed by atoms with Gasteiger partial charge >= 0.3 is 0 Å². The highest BCUT2D eigenvalue weighted by Crippen LogP contribution is 2.11. The summed E-state index contributed by atoms with van der Waals surface area (Å²) in [4.78, 5) is 5.67. The number of aromatic nitrogens is 4. The highest BCUT2D eigenvalue weighted by molar-refractivity contribution is 5.45. The predicted octanol–water partition coefficient (Wildman–Crippen LogP) is 0.329. The molecule has 68 valence electrons. The van der Waals surface area contributed by atoms with Crippen LogP contribution in [0.15, 0.2) is 12.5 Å². The minimum absolute atomic E-state index is 0.193. The molecular weight excluding hydrogens is 173 g/mol. The summed E-state index contributed by atoms with van der Waals surface area (Å²) in [6.07, 6.45) is 2.57. The van der Waals surface area contributed by atoms with Crippen LogP contribution in [-0.4, -0.2) is 33.7 Å². The Labute approximate surface area is 73.8 Å². The van der Waals surface area contributed by atoms with Crippen molar-refractivity contribution < 1.29 is 4.39 Å². The number of hydrogen-bond donors (Lipinski definition) is 0. The van der Waals surface area contributed by atoms with Crippen LogP contribution in [0.2, 0.25) is 0 Å². The quantitative estimate of drug-likeness (QED) is 0.636. The van der Waals surface area contributed by atoms with Gasteiger partial charge in [0.05, 0.1) is 6.20 Å². The standard InChI is InChI=1S/C7H8FN5/c1-12(2)7-9-3-5(8)6-11-10-4-13(6)7/h3-4H,1-2H3. The van der Waals surface area contributed by atoms with Crippen LogP contribution in [0, 0.1) is 5.82 Å². The van der Waals surface area contributed by atoms with Crippen LogP contribution in [0.3, 0.4) is 0 Å². The van der Waals surface area contributed by atoms with E-state index in [0.717, 1.165) is 6.20 Å². The van der Waals surface area contributed by atoms with E-state index in [4.69, 9.17) is 0 Å². The van der Waals surface area contributed by atoms with Gasteiger partial charge in [-0.05, 0) is 0 Å². The Morgan fingerprint density at radius 3 is 2.92 bits per heavy atom. The van der Waals surface area contributed by atoms with E-state index in [1.165, 1.54) is 10.7 Å². The van der Waals surface area contributed by atoms with Gasteiger partial charge in [0.15, 0.2) is 5.82 Å². The van der Waals surface area contributed by atoms with Crippen LogP contribution in [0.1, 0.15) is 0 Å². The average molecular weight is 181 g/mol. The van der Waals surface area contributed by atoms with Gasteiger partial charge in [-0.25, -0.2) is 13.8 Å². The highest BCUT2D eigenvalue weighted by Gasteiger charge is 2.09. The number of anilines is 1. The van der Waals surface area contributed by atoms with Gasteiger partial charge in [0, 0.05) is 14.1 Å². The molecule has 6 heteroatoms. The summed E-state index contributed by atoms with van der Waals surface area (Å²) in [5.74, 6) is 0.129. The Kier molecular flexibility index (Phi) is 1.61. The molecule has 0 aliphatic rings. The van der Waals surface area contributed by atoms with E-state index in [-0.39, 0.29) is 5.65 Å². The lowest BCUT2D eigenvalue weighted by molar-refractivity contribution is 0.621. The van der Waals surface area contributed by atoms with Gasteiger partial charge in [0.1, 0.15) is 6.33 Å². The van der Waals surface area contributed by atoms with E-state index in [0.29, 0.717) is 5.95 Å². The molecule has 2 aromatic rings. The minimum atomic E-state index is -0.469. The summed E-state index contributed by atoms with van der Waals surface area (Å²) in [5, 5.41) is 7.24. The molecule has 2 rings (SSSR count). The molecule has 0 bridgehead atoms. The topological polar surface area (TPSA) is 46.3 Å². The van der Waals surface area contributed by atoms with Crippen LogP contribution >= 0.6 is 0 Å². The van der Waals surface area contributed by atoms with Gasteiger partial charge in [-0.15, -0.1) is 10.2 Å². The van der Waals surface area contributed by atoms with E-state index >= 15 is 0 Å². The Morgan fingerprint density at radius 2 is 2.23 bits per heavy atom. The van der Waals surface area contributed by atoms with Crippen molar-refractivity contribution in [1.29, 1.82) is 0 Å². The third kappa shape index (κ3) is 1.10. The lowest BCUT2D eigenvalue weighted by Gasteiger charge is -2.11. The Bertz CT molecular complexity index is 435. The first-order valence-corrected chi connectivity index (χ1v) is 3.71. The lowest BCUT2D eigenvalue weighted by Crippen LogP contribution is -2.15. The summed E-state index contributed by atoms with van der Waals surface area (Å²) in [5.41, 5.74) is 0.193.